The van der Waals surface area contributed by atoms with Crippen LogP contribution < -0.4 is 5.73 Å². The smallest absolute Gasteiger partial charge is 0.110 e. The Morgan fingerprint density at radius 2 is 1.86 bits per heavy atom. The van der Waals surface area contributed by atoms with Gasteiger partial charge in [-0.05, 0) is 80.0 Å². The highest BCUT2D eigenvalue weighted by Crippen LogP contribution is 2.70. The van der Waals surface area contributed by atoms with E-state index < -0.39 is 0 Å². The second kappa shape index (κ2) is 3.87. The first-order chi connectivity index (χ1) is 10.0. The van der Waals surface area contributed by atoms with Crippen molar-refractivity contribution in [3.63, 3.8) is 0 Å². The van der Waals surface area contributed by atoms with Gasteiger partial charge in [-0.15, -0.1) is 0 Å². The zero-order valence-electron chi connectivity index (χ0n) is 13.7. The van der Waals surface area contributed by atoms with Crippen molar-refractivity contribution in [2.45, 2.75) is 76.4 Å². The summed E-state index contributed by atoms with van der Waals surface area (Å²) in [6.07, 6.45) is 11.1. The zero-order chi connectivity index (χ0) is 14.5. The van der Waals surface area contributed by atoms with E-state index >= 15 is 0 Å². The van der Waals surface area contributed by atoms with Crippen molar-refractivity contribution in [1.29, 1.82) is 0 Å². The molecule has 2 N–H and O–H groups in total. The first-order valence-corrected chi connectivity index (χ1v) is 9.47. The maximum atomic E-state index is 7.03. The zero-order valence-corrected chi connectivity index (χ0v) is 13.7. The normalized spacial score (nSPS) is 64.4. The monoisotopic (exact) mass is 289 g/mol. The number of hydrogen-bond donors (Lipinski definition) is 1. The second-order valence-electron chi connectivity index (χ2n) is 9.33. The lowest BCUT2D eigenvalue weighted by molar-refractivity contribution is 0.0139. The Morgan fingerprint density at radius 3 is 2.57 bits per heavy atom. The minimum atomic E-state index is 0.0396. The van der Waals surface area contributed by atoms with E-state index in [-0.39, 0.29) is 11.1 Å². The van der Waals surface area contributed by atoms with Crippen LogP contribution in [-0.2, 0) is 4.74 Å². The second-order valence-corrected chi connectivity index (χ2v) is 9.33. The quantitative estimate of drug-likeness (QED) is 0.747. The summed E-state index contributed by atoms with van der Waals surface area (Å²) in [5.41, 5.74) is 7.82. The molecule has 5 rings (SSSR count). The molecule has 0 aromatic heterocycles. The molecule has 2 nitrogen and oxygen atoms in total. The molecular formula is C19H31NO. The van der Waals surface area contributed by atoms with Crippen LogP contribution in [0.5, 0.6) is 0 Å². The van der Waals surface area contributed by atoms with Crippen molar-refractivity contribution in [1.82, 2.24) is 0 Å². The predicted octanol–water partition coefficient (Wildman–Crippen LogP) is 3.74. The van der Waals surface area contributed by atoms with Crippen molar-refractivity contribution in [3.8, 4) is 0 Å². The molecule has 4 aliphatic carbocycles. The van der Waals surface area contributed by atoms with Crippen LogP contribution in [0, 0.1) is 35.0 Å². The summed E-state index contributed by atoms with van der Waals surface area (Å²) in [4.78, 5) is 0. The summed E-state index contributed by atoms with van der Waals surface area (Å²) >= 11 is 0. The fourth-order valence-corrected chi connectivity index (χ4v) is 7.93. The Balaban J connectivity index is 1.49. The molecule has 1 aliphatic heterocycles. The van der Waals surface area contributed by atoms with Crippen LogP contribution in [0.1, 0.15) is 65.2 Å². The van der Waals surface area contributed by atoms with Crippen molar-refractivity contribution < 1.29 is 4.74 Å². The molecule has 1 heterocycles. The predicted molar refractivity (Wildman–Crippen MR) is 83.8 cm³/mol. The Kier molecular flexibility index (Phi) is 2.46. The Hall–Kier alpha value is -0.0800. The lowest BCUT2D eigenvalue weighted by atomic mass is 9.57. The van der Waals surface area contributed by atoms with Crippen molar-refractivity contribution in [2.75, 3.05) is 6.61 Å². The minimum absolute atomic E-state index is 0.0396. The minimum Gasteiger partial charge on any atom is -0.368 e. The third-order valence-electron chi connectivity index (χ3n) is 9.13. The van der Waals surface area contributed by atoms with Crippen LogP contribution in [0.2, 0.25) is 0 Å². The maximum Gasteiger partial charge on any atom is 0.110 e. The molecule has 8 atom stereocenters. The van der Waals surface area contributed by atoms with Crippen LogP contribution >= 0.6 is 0 Å². The molecule has 1 spiro atoms. The summed E-state index contributed by atoms with van der Waals surface area (Å²) in [7, 11) is 0. The van der Waals surface area contributed by atoms with Crippen LogP contribution in [0.3, 0.4) is 0 Å². The van der Waals surface area contributed by atoms with Crippen molar-refractivity contribution in [3.05, 3.63) is 0 Å². The molecule has 118 valence electrons. The summed E-state index contributed by atoms with van der Waals surface area (Å²) in [6, 6.07) is 0. The van der Waals surface area contributed by atoms with Crippen LogP contribution in [0.4, 0.5) is 0 Å². The number of nitrogens with two attached hydrogens (primary N) is 1. The molecule has 1 saturated heterocycles. The molecule has 0 aromatic carbocycles. The van der Waals surface area contributed by atoms with Crippen LogP contribution in [-0.4, -0.2) is 17.7 Å². The van der Waals surface area contributed by atoms with Gasteiger partial charge in [0.25, 0.3) is 0 Å². The molecule has 2 heteroatoms. The number of hydrogen-bond acceptors (Lipinski definition) is 2. The van der Waals surface area contributed by atoms with Gasteiger partial charge in [0.15, 0.2) is 0 Å². The van der Waals surface area contributed by atoms with Gasteiger partial charge in [-0.25, -0.2) is 0 Å². The van der Waals surface area contributed by atoms with E-state index in [0.717, 1.165) is 36.2 Å². The van der Waals surface area contributed by atoms with Gasteiger partial charge in [0.05, 0.1) is 12.1 Å². The summed E-state index contributed by atoms with van der Waals surface area (Å²) in [5, 5.41) is 0. The van der Waals surface area contributed by atoms with Crippen LogP contribution in [0.25, 0.3) is 0 Å². The number of epoxide rings is 1. The summed E-state index contributed by atoms with van der Waals surface area (Å²) in [6.45, 7) is 5.99. The molecular weight excluding hydrogens is 258 g/mol. The van der Waals surface area contributed by atoms with Gasteiger partial charge in [-0.2, -0.15) is 0 Å². The van der Waals surface area contributed by atoms with E-state index in [2.05, 4.69) is 13.8 Å². The number of ether oxygens (including phenoxy) is 1. The van der Waals surface area contributed by atoms with Gasteiger partial charge in [-0.3, -0.25) is 0 Å². The molecule has 5 aliphatic rings. The van der Waals surface area contributed by atoms with E-state index in [0.29, 0.717) is 5.41 Å². The Bertz CT molecular complexity index is 472. The highest BCUT2D eigenvalue weighted by Gasteiger charge is 2.73. The van der Waals surface area contributed by atoms with Gasteiger partial charge in [0, 0.05) is 0 Å². The summed E-state index contributed by atoms with van der Waals surface area (Å²) < 4.78 is 5.93. The highest BCUT2D eigenvalue weighted by molar-refractivity contribution is 5.26. The summed E-state index contributed by atoms with van der Waals surface area (Å²) in [5.74, 6) is 4.55. The van der Waals surface area contributed by atoms with Gasteiger partial charge in [0.2, 0.25) is 0 Å². The molecule has 5 fully saturated rings. The van der Waals surface area contributed by atoms with E-state index in [1.54, 1.807) is 0 Å². The number of fused-ring (bicyclic) bond motifs is 6. The molecule has 21 heavy (non-hydrogen) atoms. The fourth-order valence-electron chi connectivity index (χ4n) is 7.93. The van der Waals surface area contributed by atoms with Gasteiger partial charge in [0.1, 0.15) is 5.60 Å². The molecule has 4 saturated carbocycles. The van der Waals surface area contributed by atoms with E-state index in [4.69, 9.17) is 10.5 Å². The molecule has 0 amide bonds. The van der Waals surface area contributed by atoms with Crippen molar-refractivity contribution >= 4 is 0 Å². The first-order valence-electron chi connectivity index (χ1n) is 9.47. The molecule has 0 bridgehead atoms. The third-order valence-corrected chi connectivity index (χ3v) is 9.13. The van der Waals surface area contributed by atoms with E-state index in [1.807, 2.05) is 0 Å². The first kappa shape index (κ1) is 13.4. The SMILES string of the molecule is CCC1CC[C@H]2[C@@H]3CC4(N)C(CCC45CO5)[C@H]3CC[C@]12C. The van der Waals surface area contributed by atoms with Gasteiger partial charge in [-0.1, -0.05) is 20.3 Å². The molecule has 0 aromatic rings. The lowest BCUT2D eigenvalue weighted by Gasteiger charge is -2.47. The number of rotatable bonds is 1. The van der Waals surface area contributed by atoms with E-state index in [1.165, 1.54) is 51.4 Å². The Labute approximate surface area is 129 Å². The molecule has 0 radical (unpaired) electrons. The van der Waals surface area contributed by atoms with Gasteiger partial charge < -0.3 is 10.5 Å². The van der Waals surface area contributed by atoms with Crippen molar-refractivity contribution in [2.24, 2.45) is 40.7 Å². The average molecular weight is 289 g/mol. The Morgan fingerprint density at radius 1 is 1.05 bits per heavy atom. The van der Waals surface area contributed by atoms with Crippen LogP contribution in [0.15, 0.2) is 0 Å². The van der Waals surface area contributed by atoms with Gasteiger partial charge >= 0.3 is 0 Å². The average Bonchev–Trinajstić information content (AvgIpc) is 3.00. The topological polar surface area (TPSA) is 38.5 Å². The lowest BCUT2D eigenvalue weighted by Crippen LogP contribution is -2.52. The highest BCUT2D eigenvalue weighted by atomic mass is 16.6. The van der Waals surface area contributed by atoms with E-state index in [9.17, 15) is 0 Å². The maximum absolute atomic E-state index is 7.03. The third kappa shape index (κ3) is 1.39. The standard InChI is InChI=1S/C19H31NO/c1-3-12-4-5-15-14-10-19(20)16(7-9-18(19)11-21-18)13(14)6-8-17(12,15)2/h12-16H,3-11,20H2,1-2H3/t12?,13-,14+,15-,16?,17+,18?,19?/m0/s1. The fraction of sp³-hybridized carbons (Fsp3) is 1.00. The largest absolute Gasteiger partial charge is 0.368 e. The molecule has 4 unspecified atom stereocenters.